The maximum Gasteiger partial charge on any atom is 0.0708 e. The summed E-state index contributed by atoms with van der Waals surface area (Å²) in [6, 6.07) is 2.24. The summed E-state index contributed by atoms with van der Waals surface area (Å²) in [6.07, 6.45) is 17.1. The van der Waals surface area contributed by atoms with Gasteiger partial charge >= 0.3 is 0 Å². The fourth-order valence-electron chi connectivity index (χ4n) is 4.31. The van der Waals surface area contributed by atoms with Crippen molar-refractivity contribution in [1.29, 1.82) is 0 Å². The fraction of sp³-hybridized carbons (Fsp3) is 0.552. The van der Waals surface area contributed by atoms with Crippen LogP contribution in [0.2, 0.25) is 0 Å². The molecule has 2 unspecified atom stereocenters. The van der Waals surface area contributed by atoms with Crippen molar-refractivity contribution in [3.05, 3.63) is 66.7 Å². The number of hydrogen-bond donors (Lipinski definition) is 2. The van der Waals surface area contributed by atoms with E-state index in [1.54, 1.807) is 0 Å². The van der Waals surface area contributed by atoms with Crippen LogP contribution in [-0.2, 0) is 0 Å². The van der Waals surface area contributed by atoms with Gasteiger partial charge in [-0.1, -0.05) is 51.5 Å². The summed E-state index contributed by atoms with van der Waals surface area (Å²) in [4.78, 5) is 7.39. The quantitative estimate of drug-likeness (QED) is 0.264. The fourth-order valence-corrected chi connectivity index (χ4v) is 4.31. The zero-order chi connectivity index (χ0) is 24.8. The minimum atomic E-state index is 0.200. The number of nitrogens with zero attached hydrogens (tertiary/aromatic N) is 2. The van der Waals surface area contributed by atoms with Gasteiger partial charge in [0.1, 0.15) is 0 Å². The lowest BCUT2D eigenvalue weighted by Crippen LogP contribution is -2.27. The van der Waals surface area contributed by atoms with Crippen LogP contribution in [0, 0.1) is 11.8 Å². The minimum absolute atomic E-state index is 0.200. The number of allylic oxidation sites excluding steroid dienone is 5. The van der Waals surface area contributed by atoms with E-state index in [1.165, 1.54) is 18.5 Å². The highest BCUT2D eigenvalue weighted by Gasteiger charge is 2.20. The Morgan fingerprint density at radius 2 is 1.94 bits per heavy atom. The molecular formula is C29H48N4. The summed E-state index contributed by atoms with van der Waals surface area (Å²) in [5.74, 6) is 1.46. The van der Waals surface area contributed by atoms with Gasteiger partial charge in [-0.25, -0.2) is 0 Å². The SMILES string of the molecule is C=CCCC(CCC)CN(C)c1cc(/C(NC)=C(\C)N)cnc1C(/C=C\CC(C)C)CC=C. The Morgan fingerprint density at radius 3 is 2.48 bits per heavy atom. The molecule has 0 radical (unpaired) electrons. The molecule has 0 aromatic carbocycles. The van der Waals surface area contributed by atoms with Gasteiger partial charge in [-0.05, 0) is 56.9 Å². The lowest BCUT2D eigenvalue weighted by molar-refractivity contribution is 0.451. The van der Waals surface area contributed by atoms with Gasteiger partial charge in [0.05, 0.1) is 17.1 Å². The van der Waals surface area contributed by atoms with E-state index >= 15 is 0 Å². The van der Waals surface area contributed by atoms with Gasteiger partial charge < -0.3 is 16.0 Å². The molecule has 0 fully saturated rings. The first-order valence-electron chi connectivity index (χ1n) is 12.5. The molecule has 0 saturated carbocycles. The Morgan fingerprint density at radius 1 is 1.21 bits per heavy atom. The average Bonchev–Trinajstić information content (AvgIpc) is 2.77. The number of pyridine rings is 1. The van der Waals surface area contributed by atoms with Crippen molar-refractivity contribution in [2.24, 2.45) is 17.6 Å². The number of rotatable bonds is 16. The van der Waals surface area contributed by atoms with Gasteiger partial charge in [0.15, 0.2) is 0 Å². The van der Waals surface area contributed by atoms with Crippen molar-refractivity contribution in [3.63, 3.8) is 0 Å². The van der Waals surface area contributed by atoms with Crippen molar-refractivity contribution in [3.8, 4) is 0 Å². The molecule has 2 atom stereocenters. The first-order valence-corrected chi connectivity index (χ1v) is 12.5. The topological polar surface area (TPSA) is 54.2 Å². The van der Waals surface area contributed by atoms with Crippen molar-refractivity contribution in [1.82, 2.24) is 10.3 Å². The second-order valence-electron chi connectivity index (χ2n) is 9.53. The van der Waals surface area contributed by atoms with Crippen LogP contribution in [-0.4, -0.2) is 25.6 Å². The standard InChI is InChI=1S/C29H48N4/c1-9-12-17-24(14-10-2)21-33(8)27-19-26(28(31-7)23(6)30)20-32-29(27)25(15-11-3)18-13-16-22(4)5/h9,11,13,18-20,22,24-25,31H,1,3,10,12,14-17,21,30H2,2,4-8H3/b18-13-,28-23-. The van der Waals surface area contributed by atoms with E-state index in [-0.39, 0.29) is 5.92 Å². The second-order valence-corrected chi connectivity index (χ2v) is 9.53. The van der Waals surface area contributed by atoms with Gasteiger partial charge in [0.2, 0.25) is 0 Å². The summed E-state index contributed by atoms with van der Waals surface area (Å²) in [6.45, 7) is 17.6. The molecule has 0 spiro atoms. The van der Waals surface area contributed by atoms with E-state index in [0.717, 1.165) is 54.9 Å². The molecule has 0 amide bonds. The van der Waals surface area contributed by atoms with E-state index in [1.807, 2.05) is 32.3 Å². The zero-order valence-electron chi connectivity index (χ0n) is 22.0. The molecule has 4 nitrogen and oxygen atoms in total. The van der Waals surface area contributed by atoms with Crippen molar-refractivity contribution < 1.29 is 0 Å². The molecule has 0 aliphatic heterocycles. The van der Waals surface area contributed by atoms with Gasteiger partial charge in [0, 0.05) is 44.0 Å². The van der Waals surface area contributed by atoms with Crippen LogP contribution in [0.4, 0.5) is 5.69 Å². The highest BCUT2D eigenvalue weighted by molar-refractivity contribution is 5.70. The predicted molar refractivity (Wildman–Crippen MR) is 147 cm³/mol. The van der Waals surface area contributed by atoms with Crippen molar-refractivity contribution in [2.45, 2.75) is 72.1 Å². The molecule has 0 bridgehead atoms. The Kier molecular flexibility index (Phi) is 13.3. The predicted octanol–water partition coefficient (Wildman–Crippen LogP) is 7.03. The summed E-state index contributed by atoms with van der Waals surface area (Å²) in [5, 5.41) is 3.25. The number of anilines is 1. The van der Waals surface area contributed by atoms with Gasteiger partial charge in [-0.15, -0.1) is 13.2 Å². The minimum Gasteiger partial charge on any atom is -0.401 e. The number of hydrogen-bond acceptors (Lipinski definition) is 4. The van der Waals surface area contributed by atoms with Crippen LogP contribution in [0.15, 0.2) is 55.4 Å². The molecule has 0 aliphatic rings. The highest BCUT2D eigenvalue weighted by Crippen LogP contribution is 2.33. The molecule has 33 heavy (non-hydrogen) atoms. The van der Waals surface area contributed by atoms with E-state index in [4.69, 9.17) is 10.7 Å². The summed E-state index contributed by atoms with van der Waals surface area (Å²) < 4.78 is 0. The molecule has 1 rings (SSSR count). The Bertz CT molecular complexity index is 787. The van der Waals surface area contributed by atoms with E-state index in [9.17, 15) is 0 Å². The van der Waals surface area contributed by atoms with Gasteiger partial charge in [0.25, 0.3) is 0 Å². The van der Waals surface area contributed by atoms with Crippen LogP contribution < -0.4 is 16.0 Å². The maximum absolute atomic E-state index is 6.16. The number of nitrogens with one attached hydrogen (secondary N) is 1. The molecule has 1 aromatic rings. The normalized spacial score (nSPS) is 14.2. The largest absolute Gasteiger partial charge is 0.401 e. The van der Waals surface area contributed by atoms with Crippen molar-refractivity contribution in [2.75, 3.05) is 25.5 Å². The van der Waals surface area contributed by atoms with Crippen LogP contribution in [0.3, 0.4) is 0 Å². The summed E-state index contributed by atoms with van der Waals surface area (Å²) in [5.41, 5.74) is 11.1. The molecule has 4 heteroatoms. The third-order valence-corrected chi connectivity index (χ3v) is 6.00. The monoisotopic (exact) mass is 452 g/mol. The lowest BCUT2D eigenvalue weighted by Gasteiger charge is -2.29. The molecule has 3 N–H and O–H groups in total. The smallest absolute Gasteiger partial charge is 0.0708 e. The number of nitrogens with two attached hydrogens (primary N) is 1. The van der Waals surface area contributed by atoms with Crippen molar-refractivity contribution >= 4 is 11.4 Å². The number of aromatic nitrogens is 1. The second kappa shape index (κ2) is 15.4. The Hall–Kier alpha value is -2.49. The molecular weight excluding hydrogens is 404 g/mol. The molecule has 1 aromatic heterocycles. The first-order chi connectivity index (χ1) is 15.8. The summed E-state index contributed by atoms with van der Waals surface area (Å²) >= 11 is 0. The van der Waals surface area contributed by atoms with Crippen LogP contribution >= 0.6 is 0 Å². The third kappa shape index (κ3) is 9.49. The van der Waals surface area contributed by atoms with Crippen LogP contribution in [0.1, 0.15) is 83.4 Å². The van der Waals surface area contributed by atoms with E-state index < -0.39 is 0 Å². The Labute approximate surface area is 203 Å². The van der Waals surface area contributed by atoms with Crippen LogP contribution in [0.5, 0.6) is 0 Å². The first kappa shape index (κ1) is 28.5. The molecule has 184 valence electrons. The molecule has 0 aliphatic carbocycles. The molecule has 1 heterocycles. The Balaban J connectivity index is 3.47. The van der Waals surface area contributed by atoms with Crippen LogP contribution in [0.25, 0.3) is 5.70 Å². The zero-order valence-corrected chi connectivity index (χ0v) is 22.0. The third-order valence-electron chi connectivity index (χ3n) is 6.00. The maximum atomic E-state index is 6.16. The van der Waals surface area contributed by atoms with E-state index in [0.29, 0.717) is 11.8 Å². The average molecular weight is 453 g/mol. The van der Waals surface area contributed by atoms with E-state index in [2.05, 4.69) is 69.4 Å². The summed E-state index contributed by atoms with van der Waals surface area (Å²) in [7, 11) is 4.10. The van der Waals surface area contributed by atoms with Gasteiger partial charge in [-0.3, -0.25) is 4.98 Å². The lowest BCUT2D eigenvalue weighted by atomic mass is 9.94. The molecule has 0 saturated heterocycles. The highest BCUT2D eigenvalue weighted by atomic mass is 15.1. The van der Waals surface area contributed by atoms with Gasteiger partial charge in [-0.2, -0.15) is 0 Å².